The summed E-state index contributed by atoms with van der Waals surface area (Å²) in [4.78, 5) is 2.25. The second-order valence-electron chi connectivity index (χ2n) is 3.60. The summed E-state index contributed by atoms with van der Waals surface area (Å²) in [6.45, 7) is 5.66. The molecule has 0 aliphatic heterocycles. The van der Waals surface area contributed by atoms with Crippen LogP contribution in [0.5, 0.6) is 0 Å². The van der Waals surface area contributed by atoms with Crippen molar-refractivity contribution < 1.29 is 0 Å². The van der Waals surface area contributed by atoms with E-state index in [1.54, 1.807) is 0 Å². The van der Waals surface area contributed by atoms with Crippen molar-refractivity contribution in [3.05, 3.63) is 0 Å². The first-order valence-electron chi connectivity index (χ1n) is 4.36. The van der Waals surface area contributed by atoms with Crippen LogP contribution in [0.25, 0.3) is 0 Å². The summed E-state index contributed by atoms with van der Waals surface area (Å²) < 4.78 is 0. The van der Waals surface area contributed by atoms with Gasteiger partial charge >= 0.3 is 0 Å². The van der Waals surface area contributed by atoms with Crippen molar-refractivity contribution in [3.8, 4) is 0 Å². The van der Waals surface area contributed by atoms with Crippen LogP contribution < -0.4 is 0 Å². The summed E-state index contributed by atoms with van der Waals surface area (Å²) in [6.07, 6.45) is 2.45. The van der Waals surface area contributed by atoms with E-state index < -0.39 is 0 Å². The topological polar surface area (TPSA) is 3.24 Å². The Morgan fingerprint density at radius 2 is 1.64 bits per heavy atom. The maximum absolute atomic E-state index is 4.41. The van der Waals surface area contributed by atoms with Crippen LogP contribution >= 0.6 is 12.6 Å². The lowest BCUT2D eigenvalue weighted by Crippen LogP contribution is -2.34. The van der Waals surface area contributed by atoms with Gasteiger partial charge in [-0.15, -0.1) is 0 Å². The monoisotopic (exact) mass is 175 g/mol. The van der Waals surface area contributed by atoms with Crippen molar-refractivity contribution in [3.63, 3.8) is 0 Å². The first-order chi connectivity index (χ1) is 5.10. The molecule has 11 heavy (non-hydrogen) atoms. The third kappa shape index (κ3) is 3.48. The van der Waals surface area contributed by atoms with E-state index in [-0.39, 0.29) is 0 Å². The molecule has 0 aliphatic carbocycles. The average Bonchev–Trinajstić information content (AvgIpc) is 2.00. The highest BCUT2D eigenvalue weighted by molar-refractivity contribution is 7.80. The van der Waals surface area contributed by atoms with Crippen LogP contribution in [0.2, 0.25) is 0 Å². The fourth-order valence-electron chi connectivity index (χ4n) is 1.42. The van der Waals surface area contributed by atoms with Gasteiger partial charge in [0, 0.05) is 6.54 Å². The first-order valence-corrected chi connectivity index (χ1v) is 4.99. The summed E-state index contributed by atoms with van der Waals surface area (Å²) in [6, 6.07) is 0. The highest BCUT2D eigenvalue weighted by atomic mass is 32.1. The van der Waals surface area contributed by atoms with E-state index in [9.17, 15) is 0 Å². The summed E-state index contributed by atoms with van der Waals surface area (Å²) in [7, 11) is 4.26. The van der Waals surface area contributed by atoms with E-state index in [0.717, 1.165) is 12.3 Å². The number of hydrogen-bond donors (Lipinski definition) is 1. The number of nitrogens with zero attached hydrogens (tertiary/aromatic N) is 1. The molecule has 0 saturated heterocycles. The van der Waals surface area contributed by atoms with E-state index in [1.165, 1.54) is 12.8 Å². The minimum atomic E-state index is 0.437. The normalized spacial score (nSPS) is 12.5. The van der Waals surface area contributed by atoms with Gasteiger partial charge in [0.05, 0.1) is 0 Å². The summed E-state index contributed by atoms with van der Waals surface area (Å²) >= 11 is 4.41. The lowest BCUT2D eigenvalue weighted by molar-refractivity contribution is 0.209. The highest BCUT2D eigenvalue weighted by Crippen LogP contribution is 2.27. The van der Waals surface area contributed by atoms with Crippen LogP contribution in [0.15, 0.2) is 0 Å². The molecule has 0 radical (unpaired) electrons. The molecule has 0 unspecified atom stereocenters. The molecule has 2 heteroatoms. The van der Waals surface area contributed by atoms with Crippen LogP contribution in [0.4, 0.5) is 0 Å². The summed E-state index contributed by atoms with van der Waals surface area (Å²) in [5.74, 6) is 0.998. The van der Waals surface area contributed by atoms with Gasteiger partial charge in [0.25, 0.3) is 0 Å². The van der Waals surface area contributed by atoms with Gasteiger partial charge in [-0.2, -0.15) is 12.6 Å². The molecular weight excluding hydrogens is 154 g/mol. The molecule has 0 N–H and O–H groups in total. The molecule has 0 saturated carbocycles. The zero-order valence-electron chi connectivity index (χ0n) is 8.22. The Bertz CT molecular complexity index is 89.5. The first kappa shape index (κ1) is 11.3. The Morgan fingerprint density at radius 3 is 1.73 bits per heavy atom. The third-order valence-corrected chi connectivity index (χ3v) is 3.16. The molecule has 1 nitrogen and oxygen atoms in total. The molecule has 0 spiro atoms. The standard InChI is InChI=1S/C9H21NS/c1-5-9(6-2,8-11)7-10(3)4/h11H,5-8H2,1-4H3. The minimum Gasteiger partial charge on any atom is -0.309 e. The Labute approximate surface area is 76.6 Å². The van der Waals surface area contributed by atoms with Crippen LogP contribution in [-0.4, -0.2) is 31.3 Å². The fourth-order valence-corrected chi connectivity index (χ4v) is 1.97. The van der Waals surface area contributed by atoms with E-state index in [0.29, 0.717) is 5.41 Å². The molecule has 0 amide bonds. The van der Waals surface area contributed by atoms with E-state index in [1.807, 2.05) is 0 Å². The van der Waals surface area contributed by atoms with Crippen LogP contribution in [0.3, 0.4) is 0 Å². The zero-order chi connectivity index (χ0) is 8.91. The Hall–Kier alpha value is 0.310. The molecule has 0 atom stereocenters. The lowest BCUT2D eigenvalue weighted by Gasteiger charge is -2.32. The summed E-state index contributed by atoms with van der Waals surface area (Å²) in [5.41, 5.74) is 0.437. The summed E-state index contributed by atoms with van der Waals surface area (Å²) in [5, 5.41) is 0. The molecule has 0 rings (SSSR count). The maximum atomic E-state index is 4.41. The molecule has 0 bridgehead atoms. The average molecular weight is 175 g/mol. The van der Waals surface area contributed by atoms with Gasteiger partial charge in [-0.25, -0.2) is 0 Å². The fraction of sp³-hybridized carbons (Fsp3) is 1.00. The van der Waals surface area contributed by atoms with Crippen LogP contribution in [-0.2, 0) is 0 Å². The van der Waals surface area contributed by atoms with E-state index in [2.05, 4.69) is 45.5 Å². The van der Waals surface area contributed by atoms with Gasteiger partial charge < -0.3 is 4.90 Å². The molecule has 0 aromatic heterocycles. The van der Waals surface area contributed by atoms with Gasteiger partial charge in [0.2, 0.25) is 0 Å². The van der Waals surface area contributed by atoms with Crippen LogP contribution in [0.1, 0.15) is 26.7 Å². The van der Waals surface area contributed by atoms with Gasteiger partial charge in [0.1, 0.15) is 0 Å². The van der Waals surface area contributed by atoms with E-state index in [4.69, 9.17) is 0 Å². The second-order valence-corrected chi connectivity index (χ2v) is 3.92. The quantitative estimate of drug-likeness (QED) is 0.627. The number of hydrogen-bond acceptors (Lipinski definition) is 2. The van der Waals surface area contributed by atoms with Crippen molar-refractivity contribution in [2.45, 2.75) is 26.7 Å². The SMILES string of the molecule is CCC(CC)(CS)CN(C)C. The molecule has 0 aromatic carbocycles. The zero-order valence-corrected chi connectivity index (χ0v) is 9.12. The van der Waals surface area contributed by atoms with Crippen LogP contribution in [0, 0.1) is 5.41 Å². The Balaban J connectivity index is 4.05. The van der Waals surface area contributed by atoms with Crippen molar-refractivity contribution >= 4 is 12.6 Å². The van der Waals surface area contributed by atoms with Crippen molar-refractivity contribution in [2.75, 3.05) is 26.4 Å². The third-order valence-electron chi connectivity index (χ3n) is 2.49. The molecule has 0 aliphatic rings. The number of thiol groups is 1. The molecular formula is C9H21NS. The highest BCUT2D eigenvalue weighted by Gasteiger charge is 2.24. The predicted molar refractivity (Wildman–Crippen MR) is 55.4 cm³/mol. The van der Waals surface area contributed by atoms with Gasteiger partial charge in [-0.05, 0) is 38.1 Å². The Morgan fingerprint density at radius 1 is 1.18 bits per heavy atom. The molecule has 0 aromatic rings. The molecule has 68 valence electrons. The largest absolute Gasteiger partial charge is 0.309 e. The van der Waals surface area contributed by atoms with Crippen molar-refractivity contribution in [2.24, 2.45) is 5.41 Å². The Kier molecular flexibility index (Phi) is 5.19. The second kappa shape index (κ2) is 5.04. The van der Waals surface area contributed by atoms with E-state index >= 15 is 0 Å². The van der Waals surface area contributed by atoms with Gasteiger partial charge in [-0.3, -0.25) is 0 Å². The smallest absolute Gasteiger partial charge is 0.00395 e. The van der Waals surface area contributed by atoms with Gasteiger partial charge in [-0.1, -0.05) is 13.8 Å². The predicted octanol–water partition coefficient (Wildman–Crippen LogP) is 2.28. The maximum Gasteiger partial charge on any atom is 0.00395 e. The lowest BCUT2D eigenvalue weighted by atomic mass is 9.84. The molecule has 0 heterocycles. The number of rotatable bonds is 5. The van der Waals surface area contributed by atoms with Crippen molar-refractivity contribution in [1.82, 2.24) is 4.90 Å². The minimum absolute atomic E-state index is 0.437. The van der Waals surface area contributed by atoms with Gasteiger partial charge in [0.15, 0.2) is 0 Å². The van der Waals surface area contributed by atoms with Crippen molar-refractivity contribution in [1.29, 1.82) is 0 Å². The molecule has 0 fully saturated rings.